The fraction of sp³-hybridized carbons (Fsp3) is 0.429. The molecule has 1 aliphatic heterocycles. The van der Waals surface area contributed by atoms with Crippen molar-refractivity contribution in [1.82, 2.24) is 15.5 Å². The van der Waals surface area contributed by atoms with Gasteiger partial charge in [-0.05, 0) is 5.56 Å². The van der Waals surface area contributed by atoms with Crippen molar-refractivity contribution in [3.63, 3.8) is 0 Å². The molecule has 1 aromatic rings. The van der Waals surface area contributed by atoms with Gasteiger partial charge < -0.3 is 15.5 Å². The molecule has 1 atom stereocenters. The fourth-order valence-corrected chi connectivity index (χ4v) is 2.20. The summed E-state index contributed by atoms with van der Waals surface area (Å²) in [6, 6.07) is 9.48. The summed E-state index contributed by atoms with van der Waals surface area (Å²) in [6.45, 7) is 2.00. The van der Waals surface area contributed by atoms with Crippen molar-refractivity contribution in [2.45, 2.75) is 19.0 Å². The van der Waals surface area contributed by atoms with Gasteiger partial charge in [-0.3, -0.25) is 9.59 Å². The molecule has 0 saturated carbocycles. The first kappa shape index (κ1) is 13.5. The molecule has 5 heteroatoms. The van der Waals surface area contributed by atoms with E-state index in [4.69, 9.17) is 0 Å². The molecule has 1 unspecified atom stereocenters. The van der Waals surface area contributed by atoms with E-state index in [0.717, 1.165) is 12.1 Å². The van der Waals surface area contributed by atoms with Gasteiger partial charge in [0.25, 0.3) is 0 Å². The molecule has 2 rings (SSSR count). The van der Waals surface area contributed by atoms with Crippen LogP contribution in [0.5, 0.6) is 0 Å². The first-order valence-electron chi connectivity index (χ1n) is 6.47. The summed E-state index contributed by atoms with van der Waals surface area (Å²) in [5.74, 6) is -0.119. The summed E-state index contributed by atoms with van der Waals surface area (Å²) in [4.78, 5) is 25.4. The van der Waals surface area contributed by atoms with Crippen LogP contribution in [0.15, 0.2) is 30.3 Å². The Labute approximate surface area is 113 Å². The number of amides is 2. The Bertz CT molecular complexity index is 447. The zero-order valence-corrected chi connectivity index (χ0v) is 11.1. The maximum atomic E-state index is 12.3. The van der Waals surface area contributed by atoms with E-state index in [-0.39, 0.29) is 18.2 Å². The molecule has 1 heterocycles. The Morgan fingerprint density at radius 1 is 1.42 bits per heavy atom. The molecule has 2 N–H and O–H groups in total. The van der Waals surface area contributed by atoms with Crippen molar-refractivity contribution in [3.8, 4) is 0 Å². The number of piperazine rings is 1. The smallest absolute Gasteiger partial charge is 0.240 e. The van der Waals surface area contributed by atoms with Crippen LogP contribution in [-0.2, 0) is 16.1 Å². The summed E-state index contributed by atoms with van der Waals surface area (Å²) in [5.41, 5.74) is 1.11. The van der Waals surface area contributed by atoms with Crippen LogP contribution in [0.2, 0.25) is 0 Å². The highest BCUT2D eigenvalue weighted by Crippen LogP contribution is 2.10. The SMILES string of the molecule is CNC(=O)CC1NCCN(Cc2ccccc2)C1=O. The lowest BCUT2D eigenvalue weighted by molar-refractivity contribution is -0.138. The molecule has 1 fully saturated rings. The molecular weight excluding hydrogens is 242 g/mol. The summed E-state index contributed by atoms with van der Waals surface area (Å²) in [7, 11) is 1.58. The minimum absolute atomic E-state index is 0.00120. The minimum Gasteiger partial charge on any atom is -0.359 e. The molecular formula is C14H19N3O2. The number of nitrogens with zero attached hydrogens (tertiary/aromatic N) is 1. The molecule has 0 radical (unpaired) electrons. The van der Waals surface area contributed by atoms with Gasteiger partial charge in [0.05, 0.1) is 12.5 Å². The molecule has 0 bridgehead atoms. The van der Waals surface area contributed by atoms with Crippen molar-refractivity contribution >= 4 is 11.8 Å². The predicted molar refractivity (Wildman–Crippen MR) is 72.3 cm³/mol. The lowest BCUT2D eigenvalue weighted by Gasteiger charge is -2.33. The zero-order valence-electron chi connectivity index (χ0n) is 11.1. The predicted octanol–water partition coefficient (Wildman–Crippen LogP) is 0.123. The number of benzene rings is 1. The van der Waals surface area contributed by atoms with Crippen LogP contribution in [0, 0.1) is 0 Å². The highest BCUT2D eigenvalue weighted by atomic mass is 16.2. The lowest BCUT2D eigenvalue weighted by Crippen LogP contribution is -2.55. The van der Waals surface area contributed by atoms with Crippen molar-refractivity contribution in [1.29, 1.82) is 0 Å². The van der Waals surface area contributed by atoms with E-state index in [1.165, 1.54) is 0 Å². The second-order valence-electron chi connectivity index (χ2n) is 4.63. The van der Waals surface area contributed by atoms with Gasteiger partial charge in [0.2, 0.25) is 11.8 Å². The number of hydrogen-bond donors (Lipinski definition) is 2. The molecule has 2 amide bonds. The summed E-state index contributed by atoms with van der Waals surface area (Å²) >= 11 is 0. The average Bonchev–Trinajstić information content (AvgIpc) is 2.44. The Balaban J connectivity index is 1.98. The number of carbonyl (C=O) groups is 2. The van der Waals surface area contributed by atoms with Gasteiger partial charge in [0, 0.05) is 26.7 Å². The molecule has 1 saturated heterocycles. The molecule has 0 aromatic heterocycles. The van der Waals surface area contributed by atoms with Crippen molar-refractivity contribution in [2.75, 3.05) is 20.1 Å². The van der Waals surface area contributed by atoms with Gasteiger partial charge in [-0.1, -0.05) is 30.3 Å². The minimum atomic E-state index is -0.405. The van der Waals surface area contributed by atoms with Crippen LogP contribution in [0.1, 0.15) is 12.0 Å². The molecule has 19 heavy (non-hydrogen) atoms. The van der Waals surface area contributed by atoms with Crippen molar-refractivity contribution in [2.24, 2.45) is 0 Å². The number of rotatable bonds is 4. The van der Waals surface area contributed by atoms with Crippen LogP contribution in [-0.4, -0.2) is 42.9 Å². The Hall–Kier alpha value is -1.88. The first-order chi connectivity index (χ1) is 9.20. The van der Waals surface area contributed by atoms with Gasteiger partial charge in [-0.25, -0.2) is 0 Å². The highest BCUT2D eigenvalue weighted by molar-refractivity contribution is 5.88. The normalized spacial score (nSPS) is 19.3. The quantitative estimate of drug-likeness (QED) is 0.809. The second-order valence-corrected chi connectivity index (χ2v) is 4.63. The first-order valence-corrected chi connectivity index (χ1v) is 6.47. The summed E-state index contributed by atoms with van der Waals surface area (Å²) in [6.07, 6.45) is 0.195. The summed E-state index contributed by atoms with van der Waals surface area (Å²) in [5, 5.41) is 5.65. The largest absolute Gasteiger partial charge is 0.359 e. The van der Waals surface area contributed by atoms with Crippen LogP contribution < -0.4 is 10.6 Å². The van der Waals surface area contributed by atoms with Gasteiger partial charge in [-0.15, -0.1) is 0 Å². The highest BCUT2D eigenvalue weighted by Gasteiger charge is 2.29. The molecule has 1 aromatic carbocycles. The molecule has 102 valence electrons. The summed E-state index contributed by atoms with van der Waals surface area (Å²) < 4.78 is 0. The Morgan fingerprint density at radius 2 is 2.16 bits per heavy atom. The van der Waals surface area contributed by atoms with E-state index in [1.54, 1.807) is 11.9 Å². The molecule has 1 aliphatic rings. The molecule has 0 aliphatic carbocycles. The zero-order chi connectivity index (χ0) is 13.7. The maximum Gasteiger partial charge on any atom is 0.240 e. The van der Waals surface area contributed by atoms with Crippen LogP contribution in [0.25, 0.3) is 0 Å². The second kappa shape index (κ2) is 6.33. The monoisotopic (exact) mass is 261 g/mol. The topological polar surface area (TPSA) is 61.4 Å². The van der Waals surface area contributed by atoms with E-state index in [2.05, 4.69) is 10.6 Å². The number of hydrogen-bond acceptors (Lipinski definition) is 3. The van der Waals surface area contributed by atoms with E-state index < -0.39 is 6.04 Å². The van der Waals surface area contributed by atoms with Crippen LogP contribution in [0.4, 0.5) is 0 Å². The van der Waals surface area contributed by atoms with Gasteiger partial charge in [0.1, 0.15) is 0 Å². The average molecular weight is 261 g/mol. The Kier molecular flexibility index (Phi) is 4.52. The maximum absolute atomic E-state index is 12.3. The van der Waals surface area contributed by atoms with Gasteiger partial charge in [0.15, 0.2) is 0 Å². The third-order valence-electron chi connectivity index (χ3n) is 3.27. The third kappa shape index (κ3) is 3.54. The van der Waals surface area contributed by atoms with Crippen molar-refractivity contribution in [3.05, 3.63) is 35.9 Å². The third-order valence-corrected chi connectivity index (χ3v) is 3.27. The number of carbonyl (C=O) groups excluding carboxylic acids is 2. The fourth-order valence-electron chi connectivity index (χ4n) is 2.20. The standard InChI is InChI=1S/C14H19N3O2/c1-15-13(18)9-12-14(19)17(8-7-16-12)10-11-5-3-2-4-6-11/h2-6,12,16H,7-10H2,1H3,(H,15,18). The van der Waals surface area contributed by atoms with Crippen molar-refractivity contribution < 1.29 is 9.59 Å². The van der Waals surface area contributed by atoms with E-state index in [0.29, 0.717) is 13.1 Å². The van der Waals surface area contributed by atoms with Crippen LogP contribution in [0.3, 0.4) is 0 Å². The molecule has 5 nitrogen and oxygen atoms in total. The number of nitrogens with one attached hydrogen (secondary N) is 2. The molecule has 0 spiro atoms. The van der Waals surface area contributed by atoms with E-state index in [1.807, 2.05) is 30.3 Å². The van der Waals surface area contributed by atoms with Crippen LogP contribution >= 0.6 is 0 Å². The van der Waals surface area contributed by atoms with E-state index in [9.17, 15) is 9.59 Å². The Morgan fingerprint density at radius 3 is 2.84 bits per heavy atom. The lowest BCUT2D eigenvalue weighted by atomic mass is 10.1. The van der Waals surface area contributed by atoms with Gasteiger partial charge in [-0.2, -0.15) is 0 Å². The van der Waals surface area contributed by atoms with E-state index >= 15 is 0 Å². The van der Waals surface area contributed by atoms with Gasteiger partial charge >= 0.3 is 0 Å².